The number of carbonyl (C=O) groups is 2. The second-order valence-corrected chi connectivity index (χ2v) is 7.44. The molecule has 2 fully saturated rings. The van der Waals surface area contributed by atoms with Crippen LogP contribution in [0.4, 0.5) is 0 Å². The number of nitrogens with one attached hydrogen (secondary N) is 2. The fourth-order valence-electron chi connectivity index (χ4n) is 3.66. The number of unbranched alkanes of at least 4 members (excludes halogenated alkanes) is 1. The molecule has 2 aliphatic heterocycles. The first-order valence-electron chi connectivity index (χ1n) is 10.4. The second kappa shape index (κ2) is 11.8. The fourth-order valence-corrected chi connectivity index (χ4v) is 3.66. The van der Waals surface area contributed by atoms with E-state index in [2.05, 4.69) is 20.5 Å². The van der Waals surface area contributed by atoms with E-state index in [1.807, 2.05) is 11.8 Å². The van der Waals surface area contributed by atoms with Crippen LogP contribution in [0.3, 0.4) is 0 Å². The van der Waals surface area contributed by atoms with E-state index in [4.69, 9.17) is 5.73 Å². The van der Waals surface area contributed by atoms with Crippen molar-refractivity contribution >= 4 is 17.8 Å². The van der Waals surface area contributed by atoms with Crippen molar-refractivity contribution in [2.24, 2.45) is 16.6 Å². The predicted octanol–water partition coefficient (Wildman–Crippen LogP) is 0.141. The Kier molecular flexibility index (Phi) is 9.38. The van der Waals surface area contributed by atoms with Gasteiger partial charge in [-0.3, -0.25) is 9.59 Å². The summed E-state index contributed by atoms with van der Waals surface area (Å²) in [7, 11) is 0. The van der Waals surface area contributed by atoms with Crippen molar-refractivity contribution in [1.82, 2.24) is 20.4 Å². The van der Waals surface area contributed by atoms with E-state index < -0.39 is 0 Å². The highest BCUT2D eigenvalue weighted by Gasteiger charge is 2.22. The van der Waals surface area contributed by atoms with Crippen molar-refractivity contribution in [1.29, 1.82) is 0 Å². The molecule has 4 N–H and O–H groups in total. The lowest BCUT2D eigenvalue weighted by Crippen LogP contribution is -2.40. The summed E-state index contributed by atoms with van der Waals surface area (Å²) in [4.78, 5) is 32.0. The monoisotopic (exact) mass is 380 g/mol. The molecule has 0 aromatic carbocycles. The van der Waals surface area contributed by atoms with Gasteiger partial charge in [-0.15, -0.1) is 0 Å². The van der Waals surface area contributed by atoms with Crippen LogP contribution in [-0.2, 0) is 9.59 Å². The van der Waals surface area contributed by atoms with Crippen molar-refractivity contribution in [2.45, 2.75) is 45.4 Å². The maximum atomic E-state index is 12.1. The van der Waals surface area contributed by atoms with E-state index in [9.17, 15) is 9.59 Å². The number of nitrogens with zero attached hydrogens (tertiary/aromatic N) is 3. The number of piperidine rings is 1. The van der Waals surface area contributed by atoms with E-state index >= 15 is 0 Å². The van der Waals surface area contributed by atoms with E-state index in [1.165, 1.54) is 0 Å². The molecule has 27 heavy (non-hydrogen) atoms. The van der Waals surface area contributed by atoms with E-state index in [0.29, 0.717) is 5.96 Å². The molecule has 0 atom stereocenters. The van der Waals surface area contributed by atoms with Gasteiger partial charge in [0.1, 0.15) is 6.54 Å². The molecule has 0 bridgehead atoms. The number of nitrogens with two attached hydrogens (primary N) is 1. The lowest BCUT2D eigenvalue weighted by atomic mass is 9.96. The highest BCUT2D eigenvalue weighted by Crippen LogP contribution is 2.16. The molecule has 2 aliphatic rings. The number of hydrogen-bond acceptors (Lipinski definition) is 4. The number of likely N-dealkylation sites (tertiary alicyclic amines) is 2. The molecule has 0 aliphatic carbocycles. The third-order valence-electron chi connectivity index (χ3n) is 5.36. The third kappa shape index (κ3) is 7.74. The van der Waals surface area contributed by atoms with Crippen LogP contribution in [0.2, 0.25) is 0 Å². The zero-order chi connectivity index (χ0) is 19.5. The third-order valence-corrected chi connectivity index (χ3v) is 5.36. The lowest BCUT2D eigenvalue weighted by molar-refractivity contribution is -0.128. The summed E-state index contributed by atoms with van der Waals surface area (Å²) in [5.74, 6) is 0.735. The molecule has 8 heteroatoms. The highest BCUT2D eigenvalue weighted by molar-refractivity contribution is 5.85. The first-order chi connectivity index (χ1) is 13.1. The Morgan fingerprint density at radius 1 is 1.07 bits per heavy atom. The summed E-state index contributed by atoms with van der Waals surface area (Å²) < 4.78 is 0. The van der Waals surface area contributed by atoms with Gasteiger partial charge in [0.05, 0.1) is 0 Å². The van der Waals surface area contributed by atoms with Crippen LogP contribution in [0.15, 0.2) is 4.99 Å². The largest absolute Gasteiger partial charge is 0.369 e. The summed E-state index contributed by atoms with van der Waals surface area (Å²) in [6.07, 6.45) is 6.12. The minimum Gasteiger partial charge on any atom is -0.369 e. The summed E-state index contributed by atoms with van der Waals surface area (Å²) in [5.41, 5.74) is 5.38. The molecule has 0 spiro atoms. The van der Waals surface area contributed by atoms with Crippen LogP contribution in [0, 0.1) is 5.92 Å². The zero-order valence-electron chi connectivity index (χ0n) is 16.7. The number of guanidine groups is 1. The Balaban J connectivity index is 1.59. The van der Waals surface area contributed by atoms with Gasteiger partial charge in [-0.2, -0.15) is 0 Å². The topological polar surface area (TPSA) is 103 Å². The zero-order valence-corrected chi connectivity index (χ0v) is 16.7. The van der Waals surface area contributed by atoms with Crippen molar-refractivity contribution in [3.05, 3.63) is 0 Å². The molecule has 2 heterocycles. The molecule has 0 unspecified atom stereocenters. The molecular weight excluding hydrogens is 344 g/mol. The van der Waals surface area contributed by atoms with Gasteiger partial charge < -0.3 is 26.2 Å². The van der Waals surface area contributed by atoms with Gasteiger partial charge >= 0.3 is 0 Å². The van der Waals surface area contributed by atoms with Crippen molar-refractivity contribution < 1.29 is 9.59 Å². The molecule has 2 amide bonds. The van der Waals surface area contributed by atoms with Gasteiger partial charge in [0.15, 0.2) is 5.96 Å². The van der Waals surface area contributed by atoms with Gasteiger partial charge in [-0.25, -0.2) is 4.99 Å². The molecule has 8 nitrogen and oxygen atoms in total. The number of primary amides is 1. The molecule has 0 saturated carbocycles. The van der Waals surface area contributed by atoms with Gasteiger partial charge in [0.2, 0.25) is 11.8 Å². The fraction of sp³-hybridized carbons (Fsp3) is 0.842. The first-order valence-corrected chi connectivity index (χ1v) is 10.4. The van der Waals surface area contributed by atoms with Crippen molar-refractivity contribution in [3.63, 3.8) is 0 Å². The molecule has 0 aromatic heterocycles. The van der Waals surface area contributed by atoms with Gasteiger partial charge in [0, 0.05) is 32.1 Å². The molecule has 0 radical (unpaired) electrons. The maximum absolute atomic E-state index is 12.1. The summed E-state index contributed by atoms with van der Waals surface area (Å²) >= 11 is 0. The molecule has 154 valence electrons. The number of aliphatic imine (C=N–C) groups is 1. The highest BCUT2D eigenvalue weighted by atomic mass is 16.2. The Bertz CT molecular complexity index is 496. The first kappa shape index (κ1) is 21.5. The predicted molar refractivity (Wildman–Crippen MR) is 107 cm³/mol. The molecule has 2 rings (SSSR count). The Labute approximate surface area is 162 Å². The quantitative estimate of drug-likeness (QED) is 0.300. The Hall–Kier alpha value is -1.83. The van der Waals surface area contributed by atoms with Crippen LogP contribution in [0.5, 0.6) is 0 Å². The number of rotatable bonds is 9. The smallest absolute Gasteiger partial charge is 0.244 e. The van der Waals surface area contributed by atoms with Crippen LogP contribution in [0.1, 0.15) is 45.4 Å². The number of carbonyl (C=O) groups excluding carboxylic acids is 2. The van der Waals surface area contributed by atoms with Crippen LogP contribution in [-0.4, -0.2) is 79.9 Å². The number of hydrogen-bond donors (Lipinski definition) is 3. The average Bonchev–Trinajstić information content (AvgIpc) is 3.20. The van der Waals surface area contributed by atoms with Gasteiger partial charge in [-0.05, 0) is 65.1 Å². The maximum Gasteiger partial charge on any atom is 0.244 e. The number of amides is 2. The average molecular weight is 381 g/mol. The van der Waals surface area contributed by atoms with Crippen LogP contribution >= 0.6 is 0 Å². The van der Waals surface area contributed by atoms with E-state index in [1.54, 1.807) is 0 Å². The second-order valence-electron chi connectivity index (χ2n) is 7.44. The SMILES string of the molecule is CCNC(=NCC(=O)N1CCCC1)NCCCCN1CCC(C(N)=O)CC1. The minimum atomic E-state index is -0.155. The molecular formula is C19H36N6O2. The lowest BCUT2D eigenvalue weighted by Gasteiger charge is -2.30. The summed E-state index contributed by atoms with van der Waals surface area (Å²) in [6.45, 7) is 8.56. The Morgan fingerprint density at radius 2 is 1.78 bits per heavy atom. The van der Waals surface area contributed by atoms with Crippen molar-refractivity contribution in [2.75, 3.05) is 52.4 Å². The van der Waals surface area contributed by atoms with Gasteiger partial charge in [0.25, 0.3) is 0 Å². The molecule has 0 aromatic rings. The molecule has 2 saturated heterocycles. The van der Waals surface area contributed by atoms with Crippen LogP contribution < -0.4 is 16.4 Å². The normalized spacial score (nSPS) is 19.3. The van der Waals surface area contributed by atoms with E-state index in [-0.39, 0.29) is 24.3 Å². The van der Waals surface area contributed by atoms with E-state index in [0.717, 1.165) is 84.3 Å². The van der Waals surface area contributed by atoms with Gasteiger partial charge in [-0.1, -0.05) is 0 Å². The summed E-state index contributed by atoms with van der Waals surface area (Å²) in [6, 6.07) is 0. The van der Waals surface area contributed by atoms with Crippen molar-refractivity contribution in [3.8, 4) is 0 Å². The Morgan fingerprint density at radius 3 is 2.41 bits per heavy atom. The summed E-state index contributed by atoms with van der Waals surface area (Å²) in [5, 5.41) is 6.51. The minimum absolute atomic E-state index is 0.0603. The standard InChI is InChI=1S/C19H36N6O2/c1-2-21-19(23-15-17(26)25-11-5-6-12-25)22-9-3-4-10-24-13-7-16(8-14-24)18(20)27/h16H,2-15H2,1H3,(H2,20,27)(H2,21,22,23). The van der Waals surface area contributed by atoms with Crippen LogP contribution in [0.25, 0.3) is 0 Å².